The van der Waals surface area contributed by atoms with E-state index in [9.17, 15) is 22.8 Å². The number of likely N-dealkylation sites (N-methyl/N-ethyl adjacent to an activating group) is 1. The lowest BCUT2D eigenvalue weighted by Gasteiger charge is -2.19. The van der Waals surface area contributed by atoms with Crippen LogP contribution in [0.1, 0.15) is 28.9 Å². The summed E-state index contributed by atoms with van der Waals surface area (Å²) in [5, 5.41) is 6.18. The summed E-state index contributed by atoms with van der Waals surface area (Å²) in [4.78, 5) is 30.3. The fourth-order valence-corrected chi connectivity index (χ4v) is 3.34. The van der Waals surface area contributed by atoms with Gasteiger partial charge in [0, 0.05) is 13.5 Å². The fourth-order valence-electron chi connectivity index (χ4n) is 3.34. The highest BCUT2D eigenvalue weighted by Gasteiger charge is 2.46. The lowest BCUT2D eigenvalue weighted by atomic mass is 10.2. The second-order valence-corrected chi connectivity index (χ2v) is 6.59. The summed E-state index contributed by atoms with van der Waals surface area (Å²) in [6, 6.07) is 4.09. The average Bonchev–Trinajstić information content (AvgIpc) is 3.21. The van der Waals surface area contributed by atoms with Crippen molar-refractivity contribution in [1.82, 2.24) is 20.1 Å². The summed E-state index contributed by atoms with van der Waals surface area (Å²) in [6.45, 7) is -0.120. The minimum atomic E-state index is -4.47. The third kappa shape index (κ3) is 3.06. The van der Waals surface area contributed by atoms with E-state index in [-0.39, 0.29) is 25.3 Å². The maximum Gasteiger partial charge on any atom is 0.410 e. The third-order valence-electron chi connectivity index (χ3n) is 4.79. The van der Waals surface area contributed by atoms with Gasteiger partial charge in [-0.05, 0) is 18.6 Å². The van der Waals surface area contributed by atoms with Gasteiger partial charge < -0.3 is 15.0 Å². The number of halogens is 3. The molecule has 2 aliphatic rings. The number of alkyl halides is 3. The Labute approximate surface area is 157 Å². The number of nitrogens with zero attached hydrogens (tertiary/aromatic N) is 4. The van der Waals surface area contributed by atoms with Crippen molar-refractivity contribution >= 4 is 17.5 Å². The van der Waals surface area contributed by atoms with Crippen molar-refractivity contribution in [2.24, 2.45) is 0 Å². The Morgan fingerprint density at radius 3 is 2.82 bits per heavy atom. The van der Waals surface area contributed by atoms with Crippen LogP contribution in [0, 0.1) is 0 Å². The first-order chi connectivity index (χ1) is 13.3. The highest BCUT2D eigenvalue weighted by atomic mass is 19.4. The quantitative estimate of drug-likeness (QED) is 0.832. The predicted octanol–water partition coefficient (Wildman–Crippen LogP) is 1.48. The SMILES string of the molecule is CN1C(=O)[C@@H](NC(=O)c2nc3n(n2)C(C(F)(F)F)CC3)COc2ccccc21. The summed E-state index contributed by atoms with van der Waals surface area (Å²) < 4.78 is 45.4. The number of amides is 2. The minimum absolute atomic E-state index is 0.0774. The first-order valence-corrected chi connectivity index (χ1v) is 8.58. The van der Waals surface area contributed by atoms with Crippen LogP contribution in [0.4, 0.5) is 18.9 Å². The molecule has 0 spiro atoms. The zero-order chi connectivity index (χ0) is 20.1. The number of carbonyl (C=O) groups excluding carboxylic acids is 2. The average molecular weight is 395 g/mol. The van der Waals surface area contributed by atoms with Crippen molar-refractivity contribution in [3.05, 3.63) is 35.9 Å². The number of ether oxygens (including phenoxy) is 1. The Hall–Kier alpha value is -3.11. The highest BCUT2D eigenvalue weighted by molar-refractivity contribution is 6.02. The highest BCUT2D eigenvalue weighted by Crippen LogP contribution is 2.38. The van der Waals surface area contributed by atoms with Crippen LogP contribution in [0.2, 0.25) is 0 Å². The van der Waals surface area contributed by atoms with Gasteiger partial charge in [-0.15, -0.1) is 5.10 Å². The van der Waals surface area contributed by atoms with E-state index in [1.165, 1.54) is 4.90 Å². The number of anilines is 1. The van der Waals surface area contributed by atoms with E-state index in [1.807, 2.05) is 0 Å². The van der Waals surface area contributed by atoms with Crippen molar-refractivity contribution < 1.29 is 27.5 Å². The molecule has 0 radical (unpaired) electrons. The Morgan fingerprint density at radius 2 is 2.07 bits per heavy atom. The molecule has 1 aromatic carbocycles. The number of para-hydroxylation sites is 2. The van der Waals surface area contributed by atoms with Gasteiger partial charge >= 0.3 is 6.18 Å². The van der Waals surface area contributed by atoms with Crippen LogP contribution in [-0.2, 0) is 11.2 Å². The van der Waals surface area contributed by atoms with Crippen molar-refractivity contribution in [3.8, 4) is 5.75 Å². The molecule has 2 atom stereocenters. The molecule has 28 heavy (non-hydrogen) atoms. The molecule has 4 rings (SSSR count). The molecular formula is C17H16F3N5O3. The number of carbonyl (C=O) groups is 2. The molecule has 2 aliphatic heterocycles. The number of fused-ring (bicyclic) bond motifs is 2. The molecule has 11 heteroatoms. The van der Waals surface area contributed by atoms with Gasteiger partial charge in [-0.3, -0.25) is 9.59 Å². The van der Waals surface area contributed by atoms with Gasteiger partial charge in [0.1, 0.15) is 30.3 Å². The van der Waals surface area contributed by atoms with Gasteiger partial charge in [0.2, 0.25) is 5.82 Å². The number of hydrogen-bond acceptors (Lipinski definition) is 5. The zero-order valence-electron chi connectivity index (χ0n) is 14.7. The fraction of sp³-hybridized carbons (Fsp3) is 0.412. The van der Waals surface area contributed by atoms with E-state index >= 15 is 0 Å². The lowest BCUT2D eigenvalue weighted by molar-refractivity contribution is -0.168. The number of nitrogens with one attached hydrogen (secondary N) is 1. The Kier molecular flexibility index (Phi) is 4.24. The number of aromatic nitrogens is 3. The van der Waals surface area contributed by atoms with Crippen molar-refractivity contribution in [1.29, 1.82) is 0 Å². The summed E-state index contributed by atoms with van der Waals surface area (Å²) in [5.41, 5.74) is 0.552. The molecule has 0 saturated carbocycles. The number of rotatable bonds is 2. The van der Waals surface area contributed by atoms with E-state index in [2.05, 4.69) is 15.4 Å². The molecule has 1 N–H and O–H groups in total. The summed E-state index contributed by atoms with van der Waals surface area (Å²) in [5.74, 6) is -1.06. The third-order valence-corrected chi connectivity index (χ3v) is 4.79. The Bertz CT molecular complexity index is 942. The molecule has 0 aliphatic carbocycles. The summed E-state index contributed by atoms with van der Waals surface area (Å²) in [7, 11) is 1.55. The molecule has 8 nitrogen and oxygen atoms in total. The Balaban J connectivity index is 1.51. The predicted molar refractivity (Wildman–Crippen MR) is 90.0 cm³/mol. The number of hydrogen-bond donors (Lipinski definition) is 1. The molecule has 0 fully saturated rings. The molecule has 3 heterocycles. The molecule has 0 saturated heterocycles. The molecule has 0 bridgehead atoms. The maximum atomic E-state index is 13.0. The second kappa shape index (κ2) is 6.50. The van der Waals surface area contributed by atoms with Crippen LogP contribution in [0.15, 0.2) is 24.3 Å². The van der Waals surface area contributed by atoms with E-state index in [0.29, 0.717) is 11.4 Å². The zero-order valence-corrected chi connectivity index (χ0v) is 14.7. The Morgan fingerprint density at radius 1 is 1.32 bits per heavy atom. The van der Waals surface area contributed by atoms with Crippen molar-refractivity contribution in [2.45, 2.75) is 31.1 Å². The number of benzene rings is 1. The summed E-state index contributed by atoms with van der Waals surface area (Å²) >= 11 is 0. The lowest BCUT2D eigenvalue weighted by Crippen LogP contribution is -2.49. The normalized spacial score (nSPS) is 21.6. The molecule has 1 unspecified atom stereocenters. The van der Waals surface area contributed by atoms with Crippen molar-refractivity contribution in [3.63, 3.8) is 0 Å². The molecule has 1 aromatic heterocycles. The van der Waals surface area contributed by atoms with E-state index < -0.39 is 35.9 Å². The van der Waals surface area contributed by atoms with Crippen LogP contribution < -0.4 is 15.0 Å². The maximum absolute atomic E-state index is 13.0. The van der Waals surface area contributed by atoms with Gasteiger partial charge in [-0.25, -0.2) is 9.67 Å². The van der Waals surface area contributed by atoms with E-state index in [4.69, 9.17) is 4.74 Å². The van der Waals surface area contributed by atoms with Gasteiger partial charge in [-0.1, -0.05) is 12.1 Å². The van der Waals surface area contributed by atoms with Crippen LogP contribution in [-0.4, -0.2) is 52.5 Å². The van der Waals surface area contributed by atoms with E-state index in [0.717, 1.165) is 4.68 Å². The smallest absolute Gasteiger partial charge is 0.410 e. The van der Waals surface area contributed by atoms with Gasteiger partial charge in [0.15, 0.2) is 0 Å². The van der Waals surface area contributed by atoms with Gasteiger partial charge in [-0.2, -0.15) is 13.2 Å². The first kappa shape index (κ1) is 18.3. The topological polar surface area (TPSA) is 89.4 Å². The summed E-state index contributed by atoms with van der Waals surface area (Å²) in [6.07, 6.45) is -4.54. The molecule has 2 aromatic rings. The van der Waals surface area contributed by atoms with Gasteiger partial charge in [0.25, 0.3) is 11.8 Å². The van der Waals surface area contributed by atoms with Crippen LogP contribution in [0.5, 0.6) is 5.75 Å². The van der Waals surface area contributed by atoms with E-state index in [1.54, 1.807) is 31.3 Å². The monoisotopic (exact) mass is 395 g/mol. The first-order valence-electron chi connectivity index (χ1n) is 8.58. The largest absolute Gasteiger partial charge is 0.489 e. The number of aryl methyl sites for hydroxylation is 1. The molecular weight excluding hydrogens is 379 g/mol. The van der Waals surface area contributed by atoms with Crippen LogP contribution in [0.25, 0.3) is 0 Å². The van der Waals surface area contributed by atoms with Crippen molar-refractivity contribution in [2.75, 3.05) is 18.6 Å². The molecule has 2 amide bonds. The molecule has 148 valence electrons. The minimum Gasteiger partial charge on any atom is -0.489 e. The standard InChI is InChI=1S/C17H16F3N5O3/c1-24-10-4-2-3-5-11(10)28-8-9(16(24)27)21-15(26)14-22-13-7-6-12(17(18,19)20)25(13)23-14/h2-5,9,12H,6-8H2,1H3,(H,21,26)/t9-,12?/m0/s1. The van der Waals surface area contributed by atoms with Crippen LogP contribution >= 0.6 is 0 Å². The van der Waals surface area contributed by atoms with Crippen LogP contribution in [0.3, 0.4) is 0 Å². The second-order valence-electron chi connectivity index (χ2n) is 6.59. The van der Waals surface area contributed by atoms with Gasteiger partial charge in [0.05, 0.1) is 5.69 Å².